The molecule has 1 rings (SSSR count). The highest BCUT2D eigenvalue weighted by Gasteiger charge is 2.10. The molecular weight excluding hydrogens is 208 g/mol. The van der Waals surface area contributed by atoms with Gasteiger partial charge in [-0.15, -0.1) is 0 Å². The van der Waals surface area contributed by atoms with Gasteiger partial charge >= 0.3 is 6.09 Å². The van der Waals surface area contributed by atoms with Gasteiger partial charge < -0.3 is 15.5 Å². The molecule has 5 nitrogen and oxygen atoms in total. The molecule has 0 saturated heterocycles. The van der Waals surface area contributed by atoms with Gasteiger partial charge in [0.05, 0.1) is 24.3 Å². The van der Waals surface area contributed by atoms with E-state index >= 15 is 0 Å². The van der Waals surface area contributed by atoms with Crippen molar-refractivity contribution in [3.63, 3.8) is 0 Å². The molecule has 0 heterocycles. The molecule has 0 bridgehead atoms. The summed E-state index contributed by atoms with van der Waals surface area (Å²) in [4.78, 5) is 10.4. The molecule has 1 aromatic carbocycles. The monoisotopic (exact) mass is 220 g/mol. The number of benzene rings is 1. The van der Waals surface area contributed by atoms with E-state index < -0.39 is 12.1 Å². The number of aliphatic hydroxyl groups excluding tert-OH is 1. The Balaban J connectivity index is 2.63. The molecule has 1 atom stereocenters. The third kappa shape index (κ3) is 3.59. The van der Waals surface area contributed by atoms with Gasteiger partial charge in [-0.25, -0.2) is 4.79 Å². The normalized spacial score (nSPS) is 11.5. The maximum absolute atomic E-state index is 10.4. The third-order valence-electron chi connectivity index (χ3n) is 2.11. The molecule has 0 aliphatic rings. The first-order chi connectivity index (χ1) is 7.65. The Morgan fingerprint density at radius 3 is 2.50 bits per heavy atom. The second-order valence-electron chi connectivity index (χ2n) is 3.34. The third-order valence-corrected chi connectivity index (χ3v) is 2.11. The van der Waals surface area contributed by atoms with Crippen LogP contribution in [0.15, 0.2) is 24.3 Å². The molecule has 5 heteroatoms. The largest absolute Gasteiger partial charge is 0.465 e. The number of rotatable bonds is 4. The molecule has 0 aromatic heterocycles. The number of amides is 1. The lowest BCUT2D eigenvalue weighted by Crippen LogP contribution is -2.38. The van der Waals surface area contributed by atoms with Crippen LogP contribution in [-0.2, 0) is 6.42 Å². The number of nitriles is 1. The number of hydrogen-bond donors (Lipinski definition) is 3. The first-order valence-electron chi connectivity index (χ1n) is 4.75. The van der Waals surface area contributed by atoms with E-state index in [1.807, 2.05) is 6.07 Å². The van der Waals surface area contributed by atoms with E-state index in [1.165, 1.54) is 0 Å². The van der Waals surface area contributed by atoms with E-state index in [1.54, 1.807) is 24.3 Å². The number of hydrogen-bond acceptors (Lipinski definition) is 3. The standard InChI is InChI=1S/C11H12N2O3/c12-6-9-3-1-8(2-4-9)5-10(7-14)13-11(15)16/h1-4,10,13-14H,5,7H2,(H,15,16)/t10-/m0/s1. The summed E-state index contributed by atoms with van der Waals surface area (Å²) in [7, 11) is 0. The fraction of sp³-hybridized carbons (Fsp3) is 0.273. The Morgan fingerprint density at radius 1 is 1.44 bits per heavy atom. The zero-order chi connectivity index (χ0) is 12.0. The van der Waals surface area contributed by atoms with Gasteiger partial charge in [-0.2, -0.15) is 5.26 Å². The highest BCUT2D eigenvalue weighted by molar-refractivity contribution is 5.64. The summed E-state index contributed by atoms with van der Waals surface area (Å²) in [5, 5.41) is 28.3. The minimum Gasteiger partial charge on any atom is -0.465 e. The molecule has 1 aromatic rings. The highest BCUT2D eigenvalue weighted by Crippen LogP contribution is 2.06. The summed E-state index contributed by atoms with van der Waals surface area (Å²) in [5.74, 6) is 0. The zero-order valence-corrected chi connectivity index (χ0v) is 8.55. The lowest BCUT2D eigenvalue weighted by atomic mass is 10.1. The van der Waals surface area contributed by atoms with E-state index in [4.69, 9.17) is 15.5 Å². The van der Waals surface area contributed by atoms with Crippen molar-refractivity contribution in [1.29, 1.82) is 5.26 Å². The van der Waals surface area contributed by atoms with Crippen LogP contribution < -0.4 is 5.32 Å². The van der Waals surface area contributed by atoms with Crippen molar-refractivity contribution in [2.75, 3.05) is 6.61 Å². The van der Waals surface area contributed by atoms with Crippen LogP contribution in [-0.4, -0.2) is 29.0 Å². The van der Waals surface area contributed by atoms with Crippen molar-refractivity contribution in [1.82, 2.24) is 5.32 Å². The first-order valence-corrected chi connectivity index (χ1v) is 4.75. The van der Waals surface area contributed by atoms with E-state index in [0.717, 1.165) is 5.56 Å². The van der Waals surface area contributed by atoms with Gasteiger partial charge in [-0.1, -0.05) is 12.1 Å². The predicted molar refractivity (Wildman–Crippen MR) is 56.9 cm³/mol. The molecule has 0 spiro atoms. The smallest absolute Gasteiger partial charge is 0.404 e. The van der Waals surface area contributed by atoms with Gasteiger partial charge in [0.2, 0.25) is 0 Å². The average molecular weight is 220 g/mol. The molecule has 84 valence electrons. The molecule has 0 saturated carbocycles. The number of nitrogens with one attached hydrogen (secondary N) is 1. The first kappa shape index (κ1) is 12.0. The molecule has 0 aliphatic heterocycles. The predicted octanol–water partition coefficient (Wildman–Crippen LogP) is 0.729. The van der Waals surface area contributed by atoms with E-state index in [-0.39, 0.29) is 6.61 Å². The van der Waals surface area contributed by atoms with Gasteiger partial charge in [0.25, 0.3) is 0 Å². The van der Waals surface area contributed by atoms with E-state index in [0.29, 0.717) is 12.0 Å². The van der Waals surface area contributed by atoms with Crippen molar-refractivity contribution in [2.24, 2.45) is 0 Å². The van der Waals surface area contributed by atoms with Crippen LogP contribution >= 0.6 is 0 Å². The quantitative estimate of drug-likeness (QED) is 0.697. The molecular formula is C11H12N2O3. The fourth-order valence-electron chi connectivity index (χ4n) is 1.34. The molecule has 0 unspecified atom stereocenters. The summed E-state index contributed by atoms with van der Waals surface area (Å²) in [6.45, 7) is -0.258. The van der Waals surface area contributed by atoms with Crippen LogP contribution in [0, 0.1) is 11.3 Å². The number of carboxylic acid groups (broad SMARTS) is 1. The Hall–Kier alpha value is -2.06. The average Bonchev–Trinajstić information content (AvgIpc) is 2.28. The molecule has 0 radical (unpaired) electrons. The number of nitrogens with zero attached hydrogens (tertiary/aromatic N) is 1. The minimum absolute atomic E-state index is 0.258. The molecule has 3 N–H and O–H groups in total. The minimum atomic E-state index is -1.16. The van der Waals surface area contributed by atoms with Gasteiger partial charge in [0, 0.05) is 0 Å². The van der Waals surface area contributed by atoms with Crippen LogP contribution in [0.1, 0.15) is 11.1 Å². The lowest BCUT2D eigenvalue weighted by molar-refractivity contribution is 0.177. The maximum Gasteiger partial charge on any atom is 0.404 e. The summed E-state index contributed by atoms with van der Waals surface area (Å²) in [6.07, 6.45) is -0.762. The highest BCUT2D eigenvalue weighted by atomic mass is 16.4. The summed E-state index contributed by atoms with van der Waals surface area (Å²) >= 11 is 0. The zero-order valence-electron chi connectivity index (χ0n) is 8.55. The fourth-order valence-corrected chi connectivity index (χ4v) is 1.34. The van der Waals surface area contributed by atoms with Gasteiger partial charge in [0.15, 0.2) is 0 Å². The molecule has 1 amide bonds. The van der Waals surface area contributed by atoms with Gasteiger partial charge in [-0.3, -0.25) is 0 Å². The van der Waals surface area contributed by atoms with E-state index in [9.17, 15) is 4.79 Å². The number of carbonyl (C=O) groups is 1. The second-order valence-corrected chi connectivity index (χ2v) is 3.34. The van der Waals surface area contributed by atoms with Crippen molar-refractivity contribution in [2.45, 2.75) is 12.5 Å². The van der Waals surface area contributed by atoms with Crippen LogP contribution in [0.4, 0.5) is 4.79 Å². The summed E-state index contributed by atoms with van der Waals surface area (Å²) in [5.41, 5.74) is 1.42. The SMILES string of the molecule is N#Cc1ccc(C[C@@H](CO)NC(=O)O)cc1. The maximum atomic E-state index is 10.4. The molecule has 16 heavy (non-hydrogen) atoms. The van der Waals surface area contributed by atoms with E-state index in [2.05, 4.69) is 5.32 Å². The van der Waals surface area contributed by atoms with Crippen LogP contribution in [0.2, 0.25) is 0 Å². The Labute approximate surface area is 92.9 Å². The topological polar surface area (TPSA) is 93.4 Å². The van der Waals surface area contributed by atoms with Crippen molar-refractivity contribution in [3.05, 3.63) is 35.4 Å². The van der Waals surface area contributed by atoms with Crippen molar-refractivity contribution in [3.8, 4) is 6.07 Å². The second kappa shape index (κ2) is 5.73. The summed E-state index contributed by atoms with van der Waals surface area (Å²) in [6, 6.07) is 8.27. The van der Waals surface area contributed by atoms with Crippen LogP contribution in [0.25, 0.3) is 0 Å². The van der Waals surface area contributed by atoms with Crippen LogP contribution in [0.5, 0.6) is 0 Å². The van der Waals surface area contributed by atoms with Gasteiger partial charge in [0.1, 0.15) is 0 Å². The molecule has 0 aliphatic carbocycles. The van der Waals surface area contributed by atoms with Crippen molar-refractivity contribution < 1.29 is 15.0 Å². The van der Waals surface area contributed by atoms with Crippen LogP contribution in [0.3, 0.4) is 0 Å². The Bertz CT molecular complexity index is 395. The molecule has 0 fully saturated rings. The van der Waals surface area contributed by atoms with Crippen molar-refractivity contribution >= 4 is 6.09 Å². The van der Waals surface area contributed by atoms with Gasteiger partial charge in [-0.05, 0) is 24.1 Å². The Morgan fingerprint density at radius 2 is 2.06 bits per heavy atom. The lowest BCUT2D eigenvalue weighted by Gasteiger charge is -2.13. The Kier molecular flexibility index (Phi) is 4.30. The number of aliphatic hydroxyl groups is 1. The summed E-state index contributed by atoms with van der Waals surface area (Å²) < 4.78 is 0.